The van der Waals surface area contributed by atoms with Crippen LogP contribution in [0.3, 0.4) is 0 Å². The summed E-state index contributed by atoms with van der Waals surface area (Å²) in [5.74, 6) is 1.61. The van der Waals surface area contributed by atoms with Gasteiger partial charge < -0.3 is 14.2 Å². The molecule has 25 heavy (non-hydrogen) atoms. The number of benzene rings is 2. The first-order valence-corrected chi connectivity index (χ1v) is 8.04. The molecule has 0 amide bonds. The van der Waals surface area contributed by atoms with Gasteiger partial charge in [-0.1, -0.05) is 0 Å². The largest absolute Gasteiger partial charge is 0.493 e. The summed E-state index contributed by atoms with van der Waals surface area (Å²) in [7, 11) is 1.52. The topological polar surface area (TPSA) is 61.8 Å². The maximum Gasteiger partial charge on any atom is 0.161 e. The summed E-state index contributed by atoms with van der Waals surface area (Å²) < 4.78 is 16.7. The van der Waals surface area contributed by atoms with Gasteiger partial charge in [-0.05, 0) is 57.2 Å². The number of methoxy groups -OCH3 is 1. The van der Waals surface area contributed by atoms with E-state index in [0.29, 0.717) is 35.0 Å². The second-order valence-electron chi connectivity index (χ2n) is 5.52. The summed E-state index contributed by atoms with van der Waals surface area (Å²) in [6.45, 7) is 5.64. The minimum absolute atomic E-state index is 0.0207. The van der Waals surface area contributed by atoms with Crippen LogP contribution in [0.4, 0.5) is 0 Å². The van der Waals surface area contributed by atoms with Crippen LogP contribution >= 0.6 is 0 Å². The number of carbonyl (C=O) groups excluding carboxylic acids is 2. The van der Waals surface area contributed by atoms with Crippen molar-refractivity contribution in [3.8, 4) is 17.2 Å². The minimum atomic E-state index is -0.0439. The Morgan fingerprint density at radius 2 is 1.44 bits per heavy atom. The molecule has 0 spiro atoms. The molecule has 2 rings (SSSR count). The summed E-state index contributed by atoms with van der Waals surface area (Å²) in [5, 5.41) is 0. The highest BCUT2D eigenvalue weighted by molar-refractivity contribution is 5.95. The Balaban J connectivity index is 2.26. The zero-order chi connectivity index (χ0) is 18.4. The molecule has 0 bridgehead atoms. The predicted molar refractivity (Wildman–Crippen MR) is 94.9 cm³/mol. The smallest absolute Gasteiger partial charge is 0.161 e. The molecular formula is C20H22O5. The van der Waals surface area contributed by atoms with Gasteiger partial charge in [-0.25, -0.2) is 0 Å². The van der Waals surface area contributed by atoms with E-state index in [9.17, 15) is 9.59 Å². The van der Waals surface area contributed by atoms with E-state index in [-0.39, 0.29) is 18.2 Å². The van der Waals surface area contributed by atoms with Crippen LogP contribution in [0.15, 0.2) is 36.4 Å². The van der Waals surface area contributed by atoms with Crippen LogP contribution in [0.5, 0.6) is 17.2 Å². The van der Waals surface area contributed by atoms with Crippen molar-refractivity contribution in [1.82, 2.24) is 0 Å². The summed E-state index contributed by atoms with van der Waals surface area (Å²) in [5.41, 5.74) is 1.92. The number of carbonyl (C=O) groups is 2. The van der Waals surface area contributed by atoms with Crippen LogP contribution in [0.2, 0.25) is 0 Å². The molecule has 5 heteroatoms. The number of rotatable bonds is 8. The summed E-state index contributed by atoms with van der Waals surface area (Å²) >= 11 is 0. The molecule has 0 aliphatic carbocycles. The van der Waals surface area contributed by atoms with Gasteiger partial charge in [-0.2, -0.15) is 0 Å². The van der Waals surface area contributed by atoms with Crippen LogP contribution < -0.4 is 14.2 Å². The lowest BCUT2D eigenvalue weighted by atomic mass is 10.1. The Morgan fingerprint density at radius 3 is 2.00 bits per heavy atom. The predicted octanol–water partition coefficient (Wildman–Crippen LogP) is 4.08. The molecule has 0 unspecified atom stereocenters. The molecule has 0 aliphatic rings. The van der Waals surface area contributed by atoms with Crippen LogP contribution in [0, 0.1) is 0 Å². The molecule has 2 aromatic carbocycles. The van der Waals surface area contributed by atoms with Crippen LogP contribution in [0.25, 0.3) is 0 Å². The van der Waals surface area contributed by atoms with Gasteiger partial charge in [0.2, 0.25) is 0 Å². The highest BCUT2D eigenvalue weighted by atomic mass is 16.5. The fourth-order valence-electron chi connectivity index (χ4n) is 2.37. The van der Waals surface area contributed by atoms with Crippen molar-refractivity contribution in [3.63, 3.8) is 0 Å². The van der Waals surface area contributed by atoms with Crippen LogP contribution in [0.1, 0.15) is 47.1 Å². The Bertz CT molecular complexity index is 780. The van der Waals surface area contributed by atoms with Gasteiger partial charge in [-0.3, -0.25) is 9.59 Å². The fraction of sp³-hybridized carbons (Fsp3) is 0.300. The van der Waals surface area contributed by atoms with Crippen molar-refractivity contribution in [3.05, 3.63) is 53.1 Å². The number of ketones is 2. The highest BCUT2D eigenvalue weighted by Crippen LogP contribution is 2.30. The Kier molecular flexibility index (Phi) is 6.17. The number of hydrogen-bond donors (Lipinski definition) is 0. The van der Waals surface area contributed by atoms with Gasteiger partial charge in [-0.15, -0.1) is 0 Å². The summed E-state index contributed by atoms with van der Waals surface area (Å²) in [6.07, 6.45) is 0. The lowest BCUT2D eigenvalue weighted by Gasteiger charge is -2.15. The molecule has 0 saturated heterocycles. The summed E-state index contributed by atoms with van der Waals surface area (Å²) in [4.78, 5) is 23.1. The lowest BCUT2D eigenvalue weighted by Crippen LogP contribution is -2.04. The van der Waals surface area contributed by atoms with Gasteiger partial charge >= 0.3 is 0 Å². The molecule has 0 saturated carbocycles. The van der Waals surface area contributed by atoms with Gasteiger partial charge in [0, 0.05) is 16.7 Å². The van der Waals surface area contributed by atoms with E-state index in [2.05, 4.69) is 0 Å². The van der Waals surface area contributed by atoms with Crippen molar-refractivity contribution in [2.24, 2.45) is 0 Å². The zero-order valence-corrected chi connectivity index (χ0v) is 14.9. The third-order valence-corrected chi connectivity index (χ3v) is 3.72. The SMILES string of the molecule is CCOc1ccc(C(C)=O)cc1COc1ccc(C(C)=O)cc1OC. The Hall–Kier alpha value is -2.82. The van der Waals surface area contributed by atoms with Gasteiger partial charge in [0.15, 0.2) is 23.1 Å². The minimum Gasteiger partial charge on any atom is -0.493 e. The first kappa shape index (κ1) is 18.5. The van der Waals surface area contributed by atoms with Crippen molar-refractivity contribution < 1.29 is 23.8 Å². The van der Waals surface area contributed by atoms with E-state index in [1.165, 1.54) is 21.0 Å². The Labute approximate surface area is 147 Å². The van der Waals surface area contributed by atoms with E-state index in [4.69, 9.17) is 14.2 Å². The van der Waals surface area contributed by atoms with Crippen molar-refractivity contribution >= 4 is 11.6 Å². The zero-order valence-electron chi connectivity index (χ0n) is 14.9. The third kappa shape index (κ3) is 4.59. The molecule has 0 fully saturated rings. The first-order valence-electron chi connectivity index (χ1n) is 8.04. The second-order valence-corrected chi connectivity index (χ2v) is 5.52. The van der Waals surface area contributed by atoms with Gasteiger partial charge in [0.05, 0.1) is 13.7 Å². The number of hydrogen-bond acceptors (Lipinski definition) is 5. The average Bonchev–Trinajstić information content (AvgIpc) is 2.60. The normalized spacial score (nSPS) is 10.2. The van der Waals surface area contributed by atoms with Gasteiger partial charge in [0.1, 0.15) is 12.4 Å². The molecule has 2 aromatic rings. The molecule has 0 atom stereocenters. The maximum atomic E-state index is 11.6. The maximum absolute atomic E-state index is 11.6. The first-order chi connectivity index (χ1) is 12.0. The molecule has 0 heterocycles. The number of Topliss-reactive ketones (excluding diaryl/α,β-unsaturated/α-hetero) is 2. The van der Waals surface area contributed by atoms with E-state index in [1.807, 2.05) is 6.92 Å². The van der Waals surface area contributed by atoms with E-state index in [1.54, 1.807) is 36.4 Å². The van der Waals surface area contributed by atoms with Crippen molar-refractivity contribution in [1.29, 1.82) is 0 Å². The number of ether oxygens (including phenoxy) is 3. The Morgan fingerprint density at radius 1 is 0.840 bits per heavy atom. The summed E-state index contributed by atoms with van der Waals surface area (Å²) in [6, 6.07) is 10.3. The van der Waals surface area contributed by atoms with E-state index in [0.717, 1.165) is 5.56 Å². The quantitative estimate of drug-likeness (QED) is 0.677. The van der Waals surface area contributed by atoms with Crippen molar-refractivity contribution in [2.45, 2.75) is 27.4 Å². The second kappa shape index (κ2) is 8.33. The molecule has 0 radical (unpaired) electrons. The van der Waals surface area contributed by atoms with Crippen molar-refractivity contribution in [2.75, 3.05) is 13.7 Å². The monoisotopic (exact) mass is 342 g/mol. The fourth-order valence-corrected chi connectivity index (χ4v) is 2.37. The molecule has 0 N–H and O–H groups in total. The molecular weight excluding hydrogens is 320 g/mol. The molecule has 132 valence electrons. The molecule has 0 aliphatic heterocycles. The average molecular weight is 342 g/mol. The molecule has 5 nitrogen and oxygen atoms in total. The van der Waals surface area contributed by atoms with Crippen LogP contribution in [-0.2, 0) is 6.61 Å². The van der Waals surface area contributed by atoms with E-state index >= 15 is 0 Å². The standard InChI is InChI=1S/C20H22O5/c1-5-24-18-8-6-15(13(2)21)10-17(18)12-25-19-9-7-16(14(3)22)11-20(19)23-4/h6-11H,5,12H2,1-4H3. The molecule has 0 aromatic heterocycles. The van der Waals surface area contributed by atoms with Crippen LogP contribution in [-0.4, -0.2) is 25.3 Å². The highest BCUT2D eigenvalue weighted by Gasteiger charge is 2.12. The lowest BCUT2D eigenvalue weighted by molar-refractivity contribution is 0.100. The van der Waals surface area contributed by atoms with Gasteiger partial charge in [0.25, 0.3) is 0 Å². The third-order valence-electron chi connectivity index (χ3n) is 3.72. The van der Waals surface area contributed by atoms with E-state index < -0.39 is 0 Å².